The molecule has 2 aliphatic carbocycles. The zero-order valence-electron chi connectivity index (χ0n) is 12.0. The van der Waals surface area contributed by atoms with E-state index >= 15 is 0 Å². The van der Waals surface area contributed by atoms with E-state index in [-0.39, 0.29) is 0 Å². The Kier molecular flexibility index (Phi) is 3.40. The molecule has 0 aromatic rings. The Morgan fingerprint density at radius 1 is 1.18 bits per heavy atom. The molecule has 0 spiro atoms. The molecule has 2 saturated carbocycles. The molecule has 1 heteroatoms. The highest BCUT2D eigenvalue weighted by Crippen LogP contribution is 2.61. The third kappa shape index (κ3) is 2.06. The van der Waals surface area contributed by atoms with E-state index < -0.39 is 0 Å². The second kappa shape index (κ2) is 4.40. The molecule has 1 nitrogen and oxygen atoms in total. The summed E-state index contributed by atoms with van der Waals surface area (Å²) < 4.78 is 0. The highest BCUT2D eigenvalue weighted by molar-refractivity contribution is 5.50. The normalized spacial score (nSPS) is 45.1. The van der Waals surface area contributed by atoms with Gasteiger partial charge < -0.3 is 4.79 Å². The molecule has 17 heavy (non-hydrogen) atoms. The van der Waals surface area contributed by atoms with Crippen molar-refractivity contribution in [1.82, 2.24) is 0 Å². The fraction of sp³-hybridized carbons (Fsp3) is 0.938. The van der Waals surface area contributed by atoms with Crippen molar-refractivity contribution < 1.29 is 4.79 Å². The van der Waals surface area contributed by atoms with E-state index in [1.54, 1.807) is 0 Å². The van der Waals surface area contributed by atoms with Gasteiger partial charge in [0.1, 0.15) is 6.29 Å². The third-order valence-corrected chi connectivity index (χ3v) is 6.07. The van der Waals surface area contributed by atoms with Gasteiger partial charge in [-0.15, -0.1) is 0 Å². The topological polar surface area (TPSA) is 17.1 Å². The maximum atomic E-state index is 11.0. The van der Waals surface area contributed by atoms with Crippen LogP contribution in [0, 0.1) is 28.6 Å². The van der Waals surface area contributed by atoms with Crippen LogP contribution in [0.4, 0.5) is 0 Å². The van der Waals surface area contributed by atoms with Gasteiger partial charge in [-0.3, -0.25) is 0 Å². The first-order chi connectivity index (χ1) is 7.92. The van der Waals surface area contributed by atoms with Gasteiger partial charge in [0.15, 0.2) is 0 Å². The van der Waals surface area contributed by atoms with Crippen molar-refractivity contribution in [2.45, 2.75) is 66.2 Å². The van der Waals surface area contributed by atoms with Crippen molar-refractivity contribution in [1.29, 1.82) is 0 Å². The summed E-state index contributed by atoms with van der Waals surface area (Å²) in [6.07, 6.45) is 8.70. The van der Waals surface area contributed by atoms with E-state index in [9.17, 15) is 4.79 Å². The third-order valence-electron chi connectivity index (χ3n) is 6.07. The van der Waals surface area contributed by atoms with Gasteiger partial charge in [0.2, 0.25) is 0 Å². The molecule has 0 unspecified atom stereocenters. The first kappa shape index (κ1) is 13.1. The second-order valence-electron chi connectivity index (χ2n) is 7.46. The van der Waals surface area contributed by atoms with Gasteiger partial charge in [-0.2, -0.15) is 0 Å². The standard InChI is InChI=1S/C16H28O/c1-12-6-7-14-15(2,3)9-5-10-16(14,4)13(12)8-11-17/h11-14H,5-10H2,1-4H3/t12-,13-,14-,16+/m0/s1. The van der Waals surface area contributed by atoms with E-state index in [1.807, 2.05) is 0 Å². The van der Waals surface area contributed by atoms with Crippen LogP contribution in [0.3, 0.4) is 0 Å². The average Bonchev–Trinajstić information content (AvgIpc) is 2.22. The Labute approximate surface area is 106 Å². The largest absolute Gasteiger partial charge is 0.303 e. The van der Waals surface area contributed by atoms with Crippen molar-refractivity contribution in [3.05, 3.63) is 0 Å². The lowest BCUT2D eigenvalue weighted by Gasteiger charge is -2.59. The maximum absolute atomic E-state index is 11.0. The lowest BCUT2D eigenvalue weighted by Crippen LogP contribution is -2.51. The lowest BCUT2D eigenvalue weighted by atomic mass is 9.46. The molecule has 0 amide bonds. The number of rotatable bonds is 2. The van der Waals surface area contributed by atoms with Gasteiger partial charge in [-0.05, 0) is 47.8 Å². The summed E-state index contributed by atoms with van der Waals surface area (Å²) in [4.78, 5) is 11.0. The number of hydrogen-bond donors (Lipinski definition) is 0. The Hall–Kier alpha value is -0.330. The fourth-order valence-electron chi connectivity index (χ4n) is 5.22. The zero-order valence-corrected chi connectivity index (χ0v) is 12.0. The van der Waals surface area contributed by atoms with E-state index in [4.69, 9.17) is 0 Å². The Morgan fingerprint density at radius 2 is 1.88 bits per heavy atom. The van der Waals surface area contributed by atoms with Crippen LogP contribution in [0.25, 0.3) is 0 Å². The van der Waals surface area contributed by atoms with E-state index in [1.165, 1.54) is 32.1 Å². The minimum atomic E-state index is 0.417. The second-order valence-corrected chi connectivity index (χ2v) is 7.46. The highest BCUT2D eigenvalue weighted by atomic mass is 16.1. The zero-order chi connectivity index (χ0) is 12.7. The molecule has 0 aliphatic heterocycles. The van der Waals surface area contributed by atoms with Gasteiger partial charge in [0.25, 0.3) is 0 Å². The number of hydrogen-bond acceptors (Lipinski definition) is 1. The molecule has 2 aliphatic rings. The van der Waals surface area contributed by atoms with Crippen molar-refractivity contribution in [2.24, 2.45) is 28.6 Å². The van der Waals surface area contributed by atoms with E-state index in [2.05, 4.69) is 27.7 Å². The average molecular weight is 236 g/mol. The van der Waals surface area contributed by atoms with Gasteiger partial charge in [0, 0.05) is 6.42 Å². The molecular weight excluding hydrogens is 208 g/mol. The van der Waals surface area contributed by atoms with Crippen LogP contribution >= 0.6 is 0 Å². The molecule has 4 atom stereocenters. The van der Waals surface area contributed by atoms with Crippen molar-refractivity contribution >= 4 is 6.29 Å². The van der Waals surface area contributed by atoms with Crippen molar-refractivity contribution in [3.8, 4) is 0 Å². The first-order valence-electron chi connectivity index (χ1n) is 7.35. The predicted octanol–water partition coefficient (Wildman–Crippen LogP) is 4.45. The summed E-state index contributed by atoms with van der Waals surface area (Å²) in [5, 5.41) is 0. The maximum Gasteiger partial charge on any atom is 0.120 e. The number of fused-ring (bicyclic) bond motifs is 1. The smallest absolute Gasteiger partial charge is 0.120 e. The van der Waals surface area contributed by atoms with Crippen molar-refractivity contribution in [2.75, 3.05) is 0 Å². The van der Waals surface area contributed by atoms with E-state index in [0.29, 0.717) is 16.7 Å². The van der Waals surface area contributed by atoms with Crippen LogP contribution in [0.1, 0.15) is 66.2 Å². The summed E-state index contributed by atoms with van der Waals surface area (Å²) in [5.41, 5.74) is 0.897. The SMILES string of the molecule is C[C@H]1CC[C@H]2C(C)(C)CCC[C@]2(C)[C@H]1CC=O. The summed E-state index contributed by atoms with van der Waals surface area (Å²) in [7, 11) is 0. The summed E-state index contributed by atoms with van der Waals surface area (Å²) >= 11 is 0. The highest BCUT2D eigenvalue weighted by Gasteiger charge is 2.53. The van der Waals surface area contributed by atoms with Crippen LogP contribution in [0.15, 0.2) is 0 Å². The van der Waals surface area contributed by atoms with Crippen LogP contribution < -0.4 is 0 Å². The molecule has 0 saturated heterocycles. The van der Waals surface area contributed by atoms with E-state index in [0.717, 1.165) is 24.5 Å². The van der Waals surface area contributed by atoms with Crippen LogP contribution in [-0.2, 0) is 4.79 Å². The summed E-state index contributed by atoms with van der Waals surface area (Å²) in [6, 6.07) is 0. The first-order valence-corrected chi connectivity index (χ1v) is 7.35. The molecule has 0 aromatic heterocycles. The predicted molar refractivity (Wildman–Crippen MR) is 71.8 cm³/mol. The van der Waals surface area contributed by atoms with Crippen LogP contribution in [0.2, 0.25) is 0 Å². The molecule has 0 aromatic carbocycles. The fourth-order valence-corrected chi connectivity index (χ4v) is 5.22. The molecule has 0 heterocycles. The monoisotopic (exact) mass is 236 g/mol. The lowest BCUT2D eigenvalue weighted by molar-refractivity contribution is -0.120. The molecule has 0 radical (unpaired) electrons. The number of carbonyl (C=O) groups is 1. The van der Waals surface area contributed by atoms with Gasteiger partial charge in [-0.25, -0.2) is 0 Å². The number of carbonyl (C=O) groups excluding carboxylic acids is 1. The van der Waals surface area contributed by atoms with Crippen LogP contribution in [0.5, 0.6) is 0 Å². The quantitative estimate of drug-likeness (QED) is 0.647. The number of aldehydes is 1. The molecule has 0 N–H and O–H groups in total. The Morgan fingerprint density at radius 3 is 2.53 bits per heavy atom. The Bertz CT molecular complexity index is 294. The summed E-state index contributed by atoms with van der Waals surface area (Å²) in [6.45, 7) is 9.73. The van der Waals surface area contributed by atoms with Crippen molar-refractivity contribution in [3.63, 3.8) is 0 Å². The molecule has 0 bridgehead atoms. The summed E-state index contributed by atoms with van der Waals surface area (Å²) in [5.74, 6) is 2.18. The molecule has 98 valence electrons. The van der Waals surface area contributed by atoms with Gasteiger partial charge in [0.05, 0.1) is 0 Å². The minimum absolute atomic E-state index is 0.417. The molecule has 2 rings (SSSR count). The Balaban J connectivity index is 2.31. The van der Waals surface area contributed by atoms with Gasteiger partial charge >= 0.3 is 0 Å². The molecule has 2 fully saturated rings. The van der Waals surface area contributed by atoms with Crippen LogP contribution in [-0.4, -0.2) is 6.29 Å². The minimum Gasteiger partial charge on any atom is -0.303 e. The molecular formula is C16H28O. The van der Waals surface area contributed by atoms with Gasteiger partial charge in [-0.1, -0.05) is 40.5 Å².